The van der Waals surface area contributed by atoms with Gasteiger partial charge < -0.3 is 5.32 Å². The Morgan fingerprint density at radius 3 is 2.00 bits per heavy atom. The van der Waals surface area contributed by atoms with Crippen molar-refractivity contribution >= 4 is 17.5 Å². The van der Waals surface area contributed by atoms with Gasteiger partial charge in [0, 0.05) is 5.56 Å². The van der Waals surface area contributed by atoms with Crippen molar-refractivity contribution in [3.63, 3.8) is 0 Å². The minimum atomic E-state index is -0.643. The summed E-state index contributed by atoms with van der Waals surface area (Å²) in [6.07, 6.45) is 0.532. The Bertz CT molecular complexity index is 755. The molecule has 0 fully saturated rings. The molecule has 1 atom stereocenters. The van der Waals surface area contributed by atoms with Gasteiger partial charge in [0.15, 0.2) is 0 Å². The van der Waals surface area contributed by atoms with Gasteiger partial charge in [-0.25, -0.2) is 5.43 Å². The predicted molar refractivity (Wildman–Crippen MR) is 104 cm³/mol. The zero-order valence-corrected chi connectivity index (χ0v) is 15.4. The molecule has 0 spiro atoms. The van der Waals surface area contributed by atoms with Crippen LogP contribution in [-0.4, -0.2) is 23.6 Å². The van der Waals surface area contributed by atoms with Crippen molar-refractivity contribution in [2.75, 3.05) is 0 Å². The van der Waals surface area contributed by atoms with E-state index in [9.17, 15) is 9.59 Å². The van der Waals surface area contributed by atoms with E-state index in [0.717, 1.165) is 5.56 Å². The first-order valence-corrected chi connectivity index (χ1v) is 8.73. The number of hydrogen-bond donors (Lipinski definition) is 2. The summed E-state index contributed by atoms with van der Waals surface area (Å²) in [7, 11) is 0. The van der Waals surface area contributed by atoms with Crippen molar-refractivity contribution in [2.24, 2.45) is 11.0 Å². The third kappa shape index (κ3) is 5.84. The third-order valence-corrected chi connectivity index (χ3v) is 3.89. The van der Waals surface area contributed by atoms with Crippen LogP contribution in [-0.2, 0) is 4.79 Å². The largest absolute Gasteiger partial charge is 0.340 e. The second kappa shape index (κ2) is 9.51. The molecule has 0 saturated carbocycles. The van der Waals surface area contributed by atoms with Crippen LogP contribution in [0.1, 0.15) is 43.1 Å². The average Bonchev–Trinajstić information content (AvgIpc) is 2.66. The summed E-state index contributed by atoms with van der Waals surface area (Å²) in [5.41, 5.74) is 4.74. The first-order chi connectivity index (χ1) is 12.5. The normalized spacial score (nSPS) is 12.5. The summed E-state index contributed by atoms with van der Waals surface area (Å²) in [5, 5.41) is 6.98. The molecule has 0 aliphatic rings. The van der Waals surface area contributed by atoms with Gasteiger partial charge in [-0.1, -0.05) is 62.4 Å². The highest BCUT2D eigenvalue weighted by molar-refractivity contribution is 6.00. The van der Waals surface area contributed by atoms with E-state index in [0.29, 0.717) is 17.7 Å². The number of nitrogens with zero attached hydrogens (tertiary/aromatic N) is 1. The fourth-order valence-electron chi connectivity index (χ4n) is 2.49. The number of hydrogen-bond acceptors (Lipinski definition) is 3. The van der Waals surface area contributed by atoms with Gasteiger partial charge in [0.25, 0.3) is 11.8 Å². The highest BCUT2D eigenvalue weighted by Gasteiger charge is 2.22. The number of carbonyl (C=O) groups is 2. The van der Waals surface area contributed by atoms with Crippen LogP contribution in [0.4, 0.5) is 0 Å². The highest BCUT2D eigenvalue weighted by atomic mass is 16.2. The molecule has 0 heterocycles. The lowest BCUT2D eigenvalue weighted by Gasteiger charge is -2.19. The van der Waals surface area contributed by atoms with E-state index in [2.05, 4.69) is 15.8 Å². The molecule has 0 aliphatic heterocycles. The topological polar surface area (TPSA) is 70.6 Å². The Balaban J connectivity index is 2.05. The summed E-state index contributed by atoms with van der Waals surface area (Å²) >= 11 is 0. The maximum Gasteiger partial charge on any atom is 0.262 e. The monoisotopic (exact) mass is 351 g/mol. The smallest absolute Gasteiger partial charge is 0.262 e. The Labute approximate surface area is 154 Å². The van der Waals surface area contributed by atoms with E-state index in [1.807, 2.05) is 57.2 Å². The van der Waals surface area contributed by atoms with Crippen LogP contribution in [0.5, 0.6) is 0 Å². The van der Waals surface area contributed by atoms with Gasteiger partial charge in [-0.3, -0.25) is 9.59 Å². The number of carbonyl (C=O) groups excluding carboxylic acids is 2. The summed E-state index contributed by atoms with van der Waals surface area (Å²) in [5.74, 6) is -0.338. The van der Waals surface area contributed by atoms with Gasteiger partial charge in [-0.15, -0.1) is 0 Å². The molecule has 2 rings (SSSR count). The van der Waals surface area contributed by atoms with Crippen LogP contribution < -0.4 is 10.7 Å². The maximum absolute atomic E-state index is 12.5. The molecule has 2 N–H and O–H groups in total. The van der Waals surface area contributed by atoms with Crippen LogP contribution >= 0.6 is 0 Å². The van der Waals surface area contributed by atoms with E-state index >= 15 is 0 Å². The quantitative estimate of drug-likeness (QED) is 0.593. The van der Waals surface area contributed by atoms with Gasteiger partial charge in [0.1, 0.15) is 6.04 Å². The van der Waals surface area contributed by atoms with Crippen LogP contribution in [0.3, 0.4) is 0 Å². The number of amides is 2. The molecular formula is C21H25N3O2. The van der Waals surface area contributed by atoms with Gasteiger partial charge >= 0.3 is 0 Å². The SMILES string of the molecule is CC(=NNC(=O)C(CC(C)C)NC(=O)c1ccccc1)c1ccccc1. The van der Waals surface area contributed by atoms with Crippen LogP contribution in [0.25, 0.3) is 0 Å². The summed E-state index contributed by atoms with van der Waals surface area (Å²) < 4.78 is 0. The van der Waals surface area contributed by atoms with Crippen molar-refractivity contribution in [3.05, 3.63) is 71.8 Å². The molecule has 0 radical (unpaired) electrons. The molecule has 5 heteroatoms. The Kier molecular flexibility index (Phi) is 7.09. The zero-order chi connectivity index (χ0) is 18.9. The minimum Gasteiger partial charge on any atom is -0.340 e. The van der Waals surface area contributed by atoms with Gasteiger partial charge in [-0.05, 0) is 37.0 Å². The molecule has 1 unspecified atom stereocenters. The summed E-state index contributed by atoms with van der Waals surface area (Å²) in [6, 6.07) is 17.8. The molecule has 26 heavy (non-hydrogen) atoms. The first-order valence-electron chi connectivity index (χ1n) is 8.73. The minimum absolute atomic E-state index is 0.251. The maximum atomic E-state index is 12.5. The molecule has 0 aromatic heterocycles. The van der Waals surface area contributed by atoms with E-state index in [4.69, 9.17) is 0 Å². The molecule has 0 aliphatic carbocycles. The van der Waals surface area contributed by atoms with Gasteiger partial charge in [0.05, 0.1) is 5.71 Å². The van der Waals surface area contributed by atoms with Gasteiger partial charge in [0.2, 0.25) is 0 Å². The second-order valence-electron chi connectivity index (χ2n) is 6.56. The first kappa shape index (κ1) is 19.4. The molecule has 2 aromatic rings. The van der Waals surface area contributed by atoms with E-state index < -0.39 is 6.04 Å². The molecule has 5 nitrogen and oxygen atoms in total. The van der Waals surface area contributed by atoms with Crippen molar-refractivity contribution in [1.82, 2.24) is 10.7 Å². The van der Waals surface area contributed by atoms with Crippen molar-refractivity contribution in [3.8, 4) is 0 Å². The number of nitrogens with one attached hydrogen (secondary N) is 2. The molecular weight excluding hydrogens is 326 g/mol. The van der Waals surface area contributed by atoms with Crippen molar-refractivity contribution in [2.45, 2.75) is 33.2 Å². The summed E-state index contributed by atoms with van der Waals surface area (Å²) in [6.45, 7) is 5.84. The Morgan fingerprint density at radius 2 is 1.46 bits per heavy atom. The molecule has 2 aromatic carbocycles. The predicted octanol–water partition coefficient (Wildman–Crippen LogP) is 3.37. The van der Waals surface area contributed by atoms with Crippen molar-refractivity contribution < 1.29 is 9.59 Å². The second-order valence-corrected chi connectivity index (χ2v) is 6.56. The lowest BCUT2D eigenvalue weighted by molar-refractivity contribution is -0.123. The van der Waals surface area contributed by atoms with E-state index in [1.165, 1.54) is 0 Å². The standard InChI is InChI=1S/C21H25N3O2/c1-15(2)14-19(22-20(25)18-12-8-5-9-13-18)21(26)24-23-16(3)17-10-6-4-7-11-17/h4-13,15,19H,14H2,1-3H3,(H,22,25)(H,24,26). The molecule has 136 valence electrons. The van der Waals surface area contributed by atoms with Crippen molar-refractivity contribution in [1.29, 1.82) is 0 Å². The Morgan fingerprint density at radius 1 is 0.923 bits per heavy atom. The molecule has 2 amide bonds. The average molecular weight is 351 g/mol. The molecule has 0 bridgehead atoms. The fraction of sp³-hybridized carbons (Fsp3) is 0.286. The third-order valence-electron chi connectivity index (χ3n) is 3.89. The van der Waals surface area contributed by atoms with E-state index in [-0.39, 0.29) is 17.7 Å². The van der Waals surface area contributed by atoms with Crippen LogP contribution in [0, 0.1) is 5.92 Å². The lowest BCUT2D eigenvalue weighted by atomic mass is 10.0. The van der Waals surface area contributed by atoms with Gasteiger partial charge in [-0.2, -0.15) is 5.10 Å². The number of rotatable bonds is 7. The van der Waals surface area contributed by atoms with E-state index in [1.54, 1.807) is 24.3 Å². The highest BCUT2D eigenvalue weighted by Crippen LogP contribution is 2.07. The number of benzene rings is 2. The van der Waals surface area contributed by atoms with Crippen LogP contribution in [0.2, 0.25) is 0 Å². The lowest BCUT2D eigenvalue weighted by Crippen LogP contribution is -2.46. The number of hydrazone groups is 1. The fourth-order valence-corrected chi connectivity index (χ4v) is 2.49. The van der Waals surface area contributed by atoms with Crippen LogP contribution in [0.15, 0.2) is 65.8 Å². The molecule has 0 saturated heterocycles. The zero-order valence-electron chi connectivity index (χ0n) is 15.4. The summed E-state index contributed by atoms with van der Waals surface area (Å²) in [4.78, 5) is 24.9. The Hall–Kier alpha value is -2.95.